The Bertz CT molecular complexity index is 541. The summed E-state index contributed by atoms with van der Waals surface area (Å²) in [4.78, 5) is 22.8. The Morgan fingerprint density at radius 3 is 2.76 bits per heavy atom. The van der Waals surface area contributed by atoms with E-state index in [4.69, 9.17) is 0 Å². The number of anilines is 1. The first-order valence-corrected chi connectivity index (χ1v) is 7.36. The summed E-state index contributed by atoms with van der Waals surface area (Å²) in [6.07, 6.45) is 3.19. The second-order valence-electron chi connectivity index (χ2n) is 5.51. The van der Waals surface area contributed by atoms with E-state index in [1.807, 2.05) is 13.8 Å². The van der Waals surface area contributed by atoms with Crippen molar-refractivity contribution < 1.29 is 9.72 Å². The molecule has 0 aliphatic heterocycles. The summed E-state index contributed by atoms with van der Waals surface area (Å²) in [7, 11) is 0. The van der Waals surface area contributed by atoms with Gasteiger partial charge in [-0.1, -0.05) is 6.92 Å². The van der Waals surface area contributed by atoms with E-state index < -0.39 is 4.92 Å². The molecular weight excluding hydrogens is 270 g/mol. The maximum absolute atomic E-state index is 12.4. The lowest BCUT2D eigenvalue weighted by Crippen LogP contribution is -2.34. The summed E-state index contributed by atoms with van der Waals surface area (Å²) < 4.78 is 0. The predicted octanol–water partition coefficient (Wildman–Crippen LogP) is 2.95. The van der Waals surface area contributed by atoms with Gasteiger partial charge in [0.15, 0.2) is 0 Å². The maximum atomic E-state index is 12.4. The molecule has 1 aromatic rings. The fourth-order valence-corrected chi connectivity index (χ4v) is 2.25. The Balaban J connectivity index is 2.21. The largest absolute Gasteiger partial charge is 0.384 e. The van der Waals surface area contributed by atoms with Crippen LogP contribution in [0.2, 0.25) is 0 Å². The molecule has 1 aromatic carbocycles. The molecule has 6 heteroatoms. The molecule has 1 saturated carbocycles. The molecule has 1 atom stereocenters. The van der Waals surface area contributed by atoms with Crippen LogP contribution in [0.25, 0.3) is 0 Å². The standard InChI is InChI=1S/C15H21N3O3/c1-3-8-16-14-7-6-12(18(20)21)9-13(14)15(19)17-10(2)11-4-5-11/h6-7,9-11,16H,3-5,8H2,1-2H3,(H,17,19). The van der Waals surface area contributed by atoms with Crippen molar-refractivity contribution in [3.8, 4) is 0 Å². The zero-order valence-corrected chi connectivity index (χ0v) is 12.4. The van der Waals surface area contributed by atoms with Crippen LogP contribution in [-0.4, -0.2) is 23.4 Å². The molecule has 0 bridgehead atoms. The average Bonchev–Trinajstić information content (AvgIpc) is 3.29. The van der Waals surface area contributed by atoms with Crippen molar-refractivity contribution in [2.24, 2.45) is 5.92 Å². The van der Waals surface area contributed by atoms with Crippen LogP contribution in [0.3, 0.4) is 0 Å². The number of nitrogens with zero attached hydrogens (tertiary/aromatic N) is 1. The summed E-state index contributed by atoms with van der Waals surface area (Å²) >= 11 is 0. The van der Waals surface area contributed by atoms with Gasteiger partial charge in [0, 0.05) is 30.4 Å². The lowest BCUT2D eigenvalue weighted by atomic mass is 10.1. The van der Waals surface area contributed by atoms with Crippen LogP contribution in [0.5, 0.6) is 0 Å². The normalized spacial score (nSPS) is 15.3. The molecule has 1 unspecified atom stereocenters. The third-order valence-corrected chi connectivity index (χ3v) is 3.71. The van der Waals surface area contributed by atoms with Crippen LogP contribution in [-0.2, 0) is 0 Å². The first-order chi connectivity index (χ1) is 10.0. The molecule has 2 N–H and O–H groups in total. The quantitative estimate of drug-likeness (QED) is 0.597. The maximum Gasteiger partial charge on any atom is 0.270 e. The van der Waals surface area contributed by atoms with Crippen molar-refractivity contribution in [2.45, 2.75) is 39.2 Å². The van der Waals surface area contributed by atoms with Crippen LogP contribution < -0.4 is 10.6 Å². The second-order valence-corrected chi connectivity index (χ2v) is 5.51. The number of hydrogen-bond acceptors (Lipinski definition) is 4. The molecule has 21 heavy (non-hydrogen) atoms. The molecule has 1 amide bonds. The van der Waals surface area contributed by atoms with Crippen LogP contribution in [0.4, 0.5) is 11.4 Å². The van der Waals surface area contributed by atoms with E-state index in [0.29, 0.717) is 17.2 Å². The fraction of sp³-hybridized carbons (Fsp3) is 0.533. The molecule has 1 aliphatic carbocycles. The minimum absolute atomic E-state index is 0.0683. The summed E-state index contributed by atoms with van der Waals surface area (Å²) in [5.74, 6) is 0.288. The van der Waals surface area contributed by atoms with E-state index in [2.05, 4.69) is 10.6 Å². The van der Waals surface area contributed by atoms with Gasteiger partial charge in [0.25, 0.3) is 11.6 Å². The van der Waals surface area contributed by atoms with Gasteiger partial charge in [0.05, 0.1) is 10.5 Å². The van der Waals surface area contributed by atoms with Crippen molar-refractivity contribution in [1.29, 1.82) is 0 Å². The van der Waals surface area contributed by atoms with Gasteiger partial charge >= 0.3 is 0 Å². The molecular formula is C15H21N3O3. The highest BCUT2D eigenvalue weighted by atomic mass is 16.6. The number of nitro benzene ring substituents is 1. The summed E-state index contributed by atoms with van der Waals surface area (Å²) in [6.45, 7) is 4.72. The lowest BCUT2D eigenvalue weighted by Gasteiger charge is -2.15. The zero-order valence-electron chi connectivity index (χ0n) is 12.4. The van der Waals surface area contributed by atoms with E-state index in [9.17, 15) is 14.9 Å². The summed E-state index contributed by atoms with van der Waals surface area (Å²) in [5.41, 5.74) is 0.911. The number of carbonyl (C=O) groups is 1. The van der Waals surface area contributed by atoms with Crippen molar-refractivity contribution in [3.63, 3.8) is 0 Å². The van der Waals surface area contributed by atoms with E-state index in [1.54, 1.807) is 6.07 Å². The molecule has 1 fully saturated rings. The number of carbonyl (C=O) groups excluding carboxylic acids is 1. The van der Waals surface area contributed by atoms with Crippen molar-refractivity contribution in [3.05, 3.63) is 33.9 Å². The molecule has 2 rings (SSSR count). The van der Waals surface area contributed by atoms with E-state index in [0.717, 1.165) is 25.8 Å². The lowest BCUT2D eigenvalue weighted by molar-refractivity contribution is -0.384. The Hall–Kier alpha value is -2.11. The van der Waals surface area contributed by atoms with Gasteiger partial charge in [0.1, 0.15) is 0 Å². The minimum Gasteiger partial charge on any atom is -0.384 e. The summed E-state index contributed by atoms with van der Waals surface area (Å²) in [6, 6.07) is 4.46. The van der Waals surface area contributed by atoms with Gasteiger partial charge in [-0.2, -0.15) is 0 Å². The minimum atomic E-state index is -0.481. The van der Waals surface area contributed by atoms with Crippen LogP contribution in [0, 0.1) is 16.0 Å². The third kappa shape index (κ3) is 3.93. The molecule has 1 aliphatic rings. The van der Waals surface area contributed by atoms with Crippen molar-refractivity contribution in [1.82, 2.24) is 5.32 Å². The van der Waals surface area contributed by atoms with Gasteiger partial charge in [-0.05, 0) is 38.2 Å². The monoisotopic (exact) mass is 291 g/mol. The molecule has 0 radical (unpaired) electrons. The van der Waals surface area contributed by atoms with Gasteiger partial charge in [-0.15, -0.1) is 0 Å². The van der Waals surface area contributed by atoms with Crippen molar-refractivity contribution in [2.75, 3.05) is 11.9 Å². The van der Waals surface area contributed by atoms with E-state index in [-0.39, 0.29) is 17.6 Å². The first-order valence-electron chi connectivity index (χ1n) is 7.36. The number of hydrogen-bond donors (Lipinski definition) is 2. The molecule has 0 heterocycles. The first kappa shape index (κ1) is 15.3. The topological polar surface area (TPSA) is 84.3 Å². The number of non-ortho nitro benzene ring substituents is 1. The molecule has 0 aromatic heterocycles. The van der Waals surface area contributed by atoms with E-state index in [1.165, 1.54) is 12.1 Å². The Morgan fingerprint density at radius 2 is 2.19 bits per heavy atom. The molecule has 6 nitrogen and oxygen atoms in total. The van der Waals surface area contributed by atoms with Crippen molar-refractivity contribution >= 4 is 17.3 Å². The fourth-order valence-electron chi connectivity index (χ4n) is 2.25. The highest BCUT2D eigenvalue weighted by molar-refractivity contribution is 6.00. The Labute approximate surface area is 124 Å². The van der Waals surface area contributed by atoms with Gasteiger partial charge in [0.2, 0.25) is 0 Å². The number of benzene rings is 1. The van der Waals surface area contributed by atoms with Crippen LogP contribution in [0.1, 0.15) is 43.5 Å². The number of rotatable bonds is 7. The highest BCUT2D eigenvalue weighted by Crippen LogP contribution is 2.32. The van der Waals surface area contributed by atoms with E-state index >= 15 is 0 Å². The number of nitro groups is 1. The number of amides is 1. The summed E-state index contributed by atoms with van der Waals surface area (Å²) in [5, 5.41) is 17.0. The Morgan fingerprint density at radius 1 is 1.48 bits per heavy atom. The molecule has 114 valence electrons. The third-order valence-electron chi connectivity index (χ3n) is 3.71. The number of nitrogens with one attached hydrogen (secondary N) is 2. The smallest absolute Gasteiger partial charge is 0.270 e. The van der Waals surface area contributed by atoms with Crippen LogP contribution >= 0.6 is 0 Å². The zero-order chi connectivity index (χ0) is 15.4. The highest BCUT2D eigenvalue weighted by Gasteiger charge is 2.29. The predicted molar refractivity (Wildman–Crippen MR) is 81.5 cm³/mol. The Kier molecular flexibility index (Phi) is 4.77. The van der Waals surface area contributed by atoms with Gasteiger partial charge in [-0.25, -0.2) is 0 Å². The molecule has 0 spiro atoms. The SMILES string of the molecule is CCCNc1ccc([N+](=O)[O-])cc1C(=O)NC(C)C1CC1. The van der Waals surface area contributed by atoms with Gasteiger partial charge in [-0.3, -0.25) is 14.9 Å². The second kappa shape index (κ2) is 6.56. The van der Waals surface area contributed by atoms with Crippen LogP contribution in [0.15, 0.2) is 18.2 Å². The molecule has 0 saturated heterocycles. The van der Waals surface area contributed by atoms with Gasteiger partial charge < -0.3 is 10.6 Å². The average molecular weight is 291 g/mol.